The maximum Gasteiger partial charge on any atom is 0.391 e. The van der Waals surface area contributed by atoms with Gasteiger partial charge in [-0.2, -0.15) is 13.2 Å². The summed E-state index contributed by atoms with van der Waals surface area (Å²) in [5, 5.41) is 7.51. The normalized spacial score (nSPS) is 13.5. The lowest BCUT2D eigenvalue weighted by molar-refractivity contribution is -0.141. The second-order valence-electron chi connectivity index (χ2n) is 4.08. The fraction of sp³-hybridized carbons (Fsp3) is 0.364. The largest absolute Gasteiger partial charge is 0.391 e. The third kappa shape index (κ3) is 3.52. The molecule has 2 rings (SSSR count). The van der Waals surface area contributed by atoms with E-state index < -0.39 is 18.6 Å². The fourth-order valence-corrected chi connectivity index (χ4v) is 2.06. The lowest BCUT2D eigenvalue weighted by Crippen LogP contribution is -2.17. The van der Waals surface area contributed by atoms with Crippen molar-refractivity contribution >= 4 is 15.9 Å². The van der Waals surface area contributed by atoms with Crippen LogP contribution in [0.25, 0.3) is 11.5 Å². The van der Waals surface area contributed by atoms with Crippen molar-refractivity contribution in [2.75, 3.05) is 0 Å². The number of halogens is 4. The highest BCUT2D eigenvalue weighted by Gasteiger charge is 2.31. The molecular weight excluding hydrogens is 325 g/mol. The van der Waals surface area contributed by atoms with Gasteiger partial charge in [0.2, 0.25) is 0 Å². The van der Waals surface area contributed by atoms with Crippen LogP contribution in [0.4, 0.5) is 13.2 Å². The summed E-state index contributed by atoms with van der Waals surface area (Å²) in [5.41, 5.74) is 0.473. The van der Waals surface area contributed by atoms with E-state index in [2.05, 4.69) is 31.1 Å². The Morgan fingerprint density at radius 1 is 1.37 bits per heavy atom. The highest BCUT2D eigenvalue weighted by molar-refractivity contribution is 9.10. The minimum absolute atomic E-state index is 0.318. The summed E-state index contributed by atoms with van der Waals surface area (Å²) in [7, 11) is 0. The van der Waals surface area contributed by atoms with Crippen molar-refractivity contribution in [2.24, 2.45) is 0 Å². The van der Waals surface area contributed by atoms with Gasteiger partial charge in [-0.3, -0.25) is 0 Å². The summed E-state index contributed by atoms with van der Waals surface area (Å²) in [6.45, 7) is 1.47. The average Bonchev–Trinajstić information content (AvgIpc) is 2.75. The molecule has 1 unspecified atom stereocenters. The van der Waals surface area contributed by atoms with E-state index in [1.807, 2.05) is 0 Å². The van der Waals surface area contributed by atoms with Crippen molar-refractivity contribution in [3.05, 3.63) is 29.1 Å². The molecule has 2 aromatic rings. The van der Waals surface area contributed by atoms with Gasteiger partial charge < -0.3 is 4.57 Å². The van der Waals surface area contributed by atoms with Crippen molar-refractivity contribution < 1.29 is 13.2 Å². The number of nitrogens with zero attached hydrogens (tertiary/aromatic N) is 4. The van der Waals surface area contributed by atoms with Crippen LogP contribution in [0, 0.1) is 0 Å². The first-order valence-electron chi connectivity index (χ1n) is 5.46. The summed E-state index contributed by atoms with van der Waals surface area (Å²) >= 11 is 3.21. The summed E-state index contributed by atoms with van der Waals surface area (Å²) in [5.74, 6) is 0.318. The van der Waals surface area contributed by atoms with Crippen molar-refractivity contribution in [1.29, 1.82) is 0 Å². The minimum Gasteiger partial charge on any atom is -0.309 e. The van der Waals surface area contributed by atoms with E-state index in [0.29, 0.717) is 16.1 Å². The van der Waals surface area contributed by atoms with E-state index in [4.69, 9.17) is 0 Å². The van der Waals surface area contributed by atoms with Gasteiger partial charge in [0, 0.05) is 6.04 Å². The smallest absolute Gasteiger partial charge is 0.309 e. The maximum absolute atomic E-state index is 12.4. The van der Waals surface area contributed by atoms with Gasteiger partial charge in [-0.05, 0) is 35.0 Å². The van der Waals surface area contributed by atoms with E-state index in [-0.39, 0.29) is 0 Å². The van der Waals surface area contributed by atoms with Crippen molar-refractivity contribution in [3.63, 3.8) is 0 Å². The number of rotatable bonds is 3. The molecule has 0 radical (unpaired) electrons. The molecule has 0 aliphatic rings. The van der Waals surface area contributed by atoms with Crippen molar-refractivity contribution in [1.82, 2.24) is 19.7 Å². The standard InChI is InChI=1S/C11H10BrF3N4/c1-7(5-11(13,14)15)19-6-16-18-10(19)8-3-2-4-9(12)17-8/h2-4,6-7H,5H2,1H3. The first-order valence-corrected chi connectivity index (χ1v) is 6.25. The van der Waals surface area contributed by atoms with Crippen LogP contribution in [0.1, 0.15) is 19.4 Å². The summed E-state index contributed by atoms with van der Waals surface area (Å²) in [4.78, 5) is 4.17. The van der Waals surface area contributed by atoms with Gasteiger partial charge in [0.05, 0.1) is 6.42 Å². The first-order chi connectivity index (χ1) is 8.87. The van der Waals surface area contributed by atoms with Gasteiger partial charge in [-0.15, -0.1) is 10.2 Å². The van der Waals surface area contributed by atoms with Gasteiger partial charge in [0.1, 0.15) is 16.6 Å². The number of aromatic nitrogens is 4. The second kappa shape index (κ2) is 5.28. The van der Waals surface area contributed by atoms with E-state index in [1.54, 1.807) is 18.2 Å². The molecule has 0 saturated heterocycles. The van der Waals surface area contributed by atoms with E-state index >= 15 is 0 Å². The zero-order valence-corrected chi connectivity index (χ0v) is 11.5. The predicted molar refractivity (Wildman–Crippen MR) is 66.3 cm³/mol. The van der Waals surface area contributed by atoms with E-state index in [1.165, 1.54) is 17.8 Å². The number of hydrogen-bond donors (Lipinski definition) is 0. The highest BCUT2D eigenvalue weighted by Crippen LogP contribution is 2.29. The molecule has 0 N–H and O–H groups in total. The lowest BCUT2D eigenvalue weighted by atomic mass is 10.2. The molecule has 0 spiro atoms. The van der Waals surface area contributed by atoms with Crippen LogP contribution in [0.15, 0.2) is 29.1 Å². The van der Waals surface area contributed by atoms with Crippen LogP contribution in [0.5, 0.6) is 0 Å². The molecule has 1 atom stereocenters. The third-order valence-electron chi connectivity index (χ3n) is 2.52. The van der Waals surface area contributed by atoms with E-state index in [0.717, 1.165) is 0 Å². The molecule has 19 heavy (non-hydrogen) atoms. The van der Waals surface area contributed by atoms with E-state index in [9.17, 15) is 13.2 Å². The quantitative estimate of drug-likeness (QED) is 0.805. The Balaban J connectivity index is 2.32. The molecule has 102 valence electrons. The van der Waals surface area contributed by atoms with Crippen LogP contribution in [-0.4, -0.2) is 25.9 Å². The van der Waals surface area contributed by atoms with Gasteiger partial charge >= 0.3 is 6.18 Å². The molecule has 8 heteroatoms. The van der Waals surface area contributed by atoms with Crippen LogP contribution in [0.2, 0.25) is 0 Å². The summed E-state index contributed by atoms with van der Waals surface area (Å²) < 4.78 is 39.2. The molecule has 0 saturated carbocycles. The topological polar surface area (TPSA) is 43.6 Å². The number of alkyl halides is 3. The van der Waals surface area contributed by atoms with Gasteiger partial charge in [-0.25, -0.2) is 4.98 Å². The third-order valence-corrected chi connectivity index (χ3v) is 2.96. The maximum atomic E-state index is 12.4. The Labute approximate surface area is 115 Å². The Hall–Kier alpha value is -1.44. The Morgan fingerprint density at radius 3 is 2.74 bits per heavy atom. The molecule has 0 fully saturated rings. The predicted octanol–water partition coefficient (Wildman–Crippen LogP) is 3.62. The molecule has 0 bridgehead atoms. The zero-order chi connectivity index (χ0) is 14.0. The molecule has 4 nitrogen and oxygen atoms in total. The summed E-state index contributed by atoms with van der Waals surface area (Å²) in [6.07, 6.45) is -3.88. The van der Waals surface area contributed by atoms with Gasteiger partial charge in [-0.1, -0.05) is 6.07 Å². The summed E-state index contributed by atoms with van der Waals surface area (Å²) in [6, 6.07) is 4.35. The number of pyridine rings is 1. The second-order valence-corrected chi connectivity index (χ2v) is 4.89. The van der Waals surface area contributed by atoms with Gasteiger partial charge in [0.25, 0.3) is 0 Å². The lowest BCUT2D eigenvalue weighted by Gasteiger charge is -2.16. The Kier molecular flexibility index (Phi) is 3.88. The Bertz CT molecular complexity index is 567. The minimum atomic E-state index is -4.23. The fourth-order valence-electron chi connectivity index (χ4n) is 1.71. The van der Waals surface area contributed by atoms with Crippen LogP contribution < -0.4 is 0 Å². The molecule has 0 aliphatic carbocycles. The highest BCUT2D eigenvalue weighted by atomic mass is 79.9. The van der Waals surface area contributed by atoms with Crippen LogP contribution in [0.3, 0.4) is 0 Å². The monoisotopic (exact) mass is 334 g/mol. The van der Waals surface area contributed by atoms with Crippen molar-refractivity contribution in [3.8, 4) is 11.5 Å². The molecule has 0 amide bonds. The number of hydrogen-bond acceptors (Lipinski definition) is 3. The Morgan fingerprint density at radius 2 is 2.11 bits per heavy atom. The SMILES string of the molecule is CC(CC(F)(F)F)n1cnnc1-c1cccc(Br)n1. The average molecular weight is 335 g/mol. The molecule has 2 heterocycles. The van der Waals surface area contributed by atoms with Crippen LogP contribution >= 0.6 is 15.9 Å². The van der Waals surface area contributed by atoms with Gasteiger partial charge in [0.15, 0.2) is 5.82 Å². The van der Waals surface area contributed by atoms with Crippen LogP contribution in [-0.2, 0) is 0 Å². The molecular formula is C11H10BrF3N4. The zero-order valence-electron chi connectivity index (χ0n) is 9.89. The first kappa shape index (κ1) is 14.0. The molecule has 0 aliphatic heterocycles. The molecule has 2 aromatic heterocycles. The molecule has 0 aromatic carbocycles. The van der Waals surface area contributed by atoms with Crippen molar-refractivity contribution in [2.45, 2.75) is 25.6 Å².